The average Bonchev–Trinajstić information content (AvgIpc) is 2.77. The molecule has 3 nitrogen and oxygen atoms in total. The van der Waals surface area contributed by atoms with E-state index in [-0.39, 0.29) is 0 Å². The van der Waals surface area contributed by atoms with Crippen molar-refractivity contribution in [1.82, 2.24) is 4.90 Å². The molecule has 0 fully saturated rings. The van der Waals surface area contributed by atoms with Gasteiger partial charge in [-0.1, -0.05) is 50.6 Å². The van der Waals surface area contributed by atoms with Crippen LogP contribution in [0.4, 0.5) is 11.4 Å². The fourth-order valence-corrected chi connectivity index (χ4v) is 4.79. The van der Waals surface area contributed by atoms with E-state index in [1.54, 1.807) is 0 Å². The molecule has 0 bridgehead atoms. The van der Waals surface area contributed by atoms with Crippen molar-refractivity contribution in [1.29, 1.82) is 0 Å². The molecule has 1 aliphatic heterocycles. The Morgan fingerprint density at radius 2 is 1.90 bits per heavy atom. The maximum absolute atomic E-state index is 5.91. The molecule has 3 rings (SSSR count). The van der Waals surface area contributed by atoms with Gasteiger partial charge >= 0.3 is 0 Å². The van der Waals surface area contributed by atoms with Gasteiger partial charge in [-0.15, -0.1) is 0 Å². The molecule has 168 valence electrons. The first-order chi connectivity index (χ1) is 14.9. The van der Waals surface area contributed by atoms with Crippen LogP contribution in [0.3, 0.4) is 0 Å². The van der Waals surface area contributed by atoms with Crippen molar-refractivity contribution in [3.63, 3.8) is 0 Å². The lowest BCUT2D eigenvalue weighted by atomic mass is 9.98. The van der Waals surface area contributed by atoms with Crippen molar-refractivity contribution in [2.24, 2.45) is 0 Å². The zero-order valence-corrected chi connectivity index (χ0v) is 20.8. The predicted octanol–water partition coefficient (Wildman–Crippen LogP) is 6.85. The van der Waals surface area contributed by atoms with E-state index in [1.165, 1.54) is 66.7 Å². The topological polar surface area (TPSA) is 18.5 Å². The molecule has 1 heterocycles. The molecule has 4 heteroatoms. The summed E-state index contributed by atoms with van der Waals surface area (Å²) in [5, 5.41) is 4.37. The van der Waals surface area contributed by atoms with Gasteiger partial charge in [0.15, 0.2) is 5.11 Å². The lowest BCUT2D eigenvalue weighted by Crippen LogP contribution is -2.40. The molecule has 31 heavy (non-hydrogen) atoms. The molecule has 0 aromatic heterocycles. The minimum Gasteiger partial charge on any atom is -0.371 e. The summed E-state index contributed by atoms with van der Waals surface area (Å²) in [5.41, 5.74) is 7.88. The van der Waals surface area contributed by atoms with Crippen molar-refractivity contribution in [3.05, 3.63) is 58.7 Å². The third kappa shape index (κ3) is 5.79. The van der Waals surface area contributed by atoms with E-state index in [0.29, 0.717) is 6.04 Å². The van der Waals surface area contributed by atoms with Crippen molar-refractivity contribution >= 4 is 28.7 Å². The van der Waals surface area contributed by atoms with Crippen LogP contribution in [-0.2, 0) is 13.0 Å². The second-order valence-electron chi connectivity index (χ2n) is 8.99. The maximum atomic E-state index is 5.91. The predicted molar refractivity (Wildman–Crippen MR) is 139 cm³/mol. The minimum absolute atomic E-state index is 0.376. The summed E-state index contributed by atoms with van der Waals surface area (Å²) >= 11 is 5.91. The SMILES string of the molecule is CCCCN1CCCc2cc(CN(C(=S)Nc3c(C)cccc3C)[C@H](C)CC)ccc21. The van der Waals surface area contributed by atoms with Crippen LogP contribution in [0.1, 0.15) is 68.7 Å². The van der Waals surface area contributed by atoms with Crippen molar-refractivity contribution < 1.29 is 0 Å². The number of fused-ring (bicyclic) bond motifs is 1. The van der Waals surface area contributed by atoms with Gasteiger partial charge < -0.3 is 15.1 Å². The van der Waals surface area contributed by atoms with Gasteiger partial charge in [-0.3, -0.25) is 0 Å². The molecule has 2 aromatic rings. The number of anilines is 2. The number of thiocarbonyl (C=S) groups is 1. The van der Waals surface area contributed by atoms with Gasteiger partial charge in [-0.05, 0) is 87.0 Å². The molecule has 0 radical (unpaired) electrons. The number of hydrogen-bond acceptors (Lipinski definition) is 2. The highest BCUT2D eigenvalue weighted by Gasteiger charge is 2.20. The van der Waals surface area contributed by atoms with Gasteiger partial charge in [0, 0.05) is 37.1 Å². The lowest BCUT2D eigenvalue weighted by Gasteiger charge is -2.34. The highest BCUT2D eigenvalue weighted by molar-refractivity contribution is 7.80. The fourth-order valence-electron chi connectivity index (χ4n) is 4.44. The van der Waals surface area contributed by atoms with Crippen LogP contribution < -0.4 is 10.2 Å². The quantitative estimate of drug-likeness (QED) is 0.455. The van der Waals surface area contributed by atoms with Crippen molar-refractivity contribution in [3.8, 4) is 0 Å². The van der Waals surface area contributed by atoms with E-state index in [4.69, 9.17) is 12.2 Å². The molecule has 2 aromatic carbocycles. The Hall–Kier alpha value is -2.07. The summed E-state index contributed by atoms with van der Waals surface area (Å²) < 4.78 is 0. The number of aryl methyl sites for hydroxylation is 3. The number of hydrogen-bond donors (Lipinski definition) is 1. The standard InChI is InChI=1S/C27H39N3S/c1-6-8-16-29-17-10-13-24-18-23(14-15-25(24)29)19-30(22(5)7-2)27(31)28-26-20(3)11-9-12-21(26)4/h9,11-12,14-15,18,22H,6-8,10,13,16-17,19H2,1-5H3,(H,28,31)/t22-/m1/s1. The Kier molecular flexibility index (Phi) is 8.36. The Morgan fingerprint density at radius 3 is 2.58 bits per heavy atom. The highest BCUT2D eigenvalue weighted by Crippen LogP contribution is 2.29. The molecular weight excluding hydrogens is 398 g/mol. The van der Waals surface area contributed by atoms with Crippen LogP contribution in [0, 0.1) is 13.8 Å². The van der Waals surface area contributed by atoms with E-state index in [0.717, 1.165) is 23.8 Å². The molecule has 0 saturated heterocycles. The number of rotatable bonds is 8. The van der Waals surface area contributed by atoms with E-state index >= 15 is 0 Å². The Bertz CT molecular complexity index is 872. The largest absolute Gasteiger partial charge is 0.371 e. The van der Waals surface area contributed by atoms with Crippen molar-refractivity contribution in [2.45, 2.75) is 79.3 Å². The molecule has 1 atom stereocenters. The molecule has 1 N–H and O–H groups in total. The maximum Gasteiger partial charge on any atom is 0.173 e. The summed E-state index contributed by atoms with van der Waals surface area (Å²) in [4.78, 5) is 4.92. The summed E-state index contributed by atoms with van der Waals surface area (Å²) in [7, 11) is 0. The first kappa shape index (κ1) is 23.6. The van der Waals surface area contributed by atoms with Gasteiger partial charge in [0.05, 0.1) is 0 Å². The number of para-hydroxylation sites is 1. The number of unbranched alkanes of at least 4 members (excludes halogenated alkanes) is 1. The summed E-state index contributed by atoms with van der Waals surface area (Å²) in [6.07, 6.45) is 6.01. The number of nitrogens with zero attached hydrogens (tertiary/aromatic N) is 2. The zero-order valence-electron chi connectivity index (χ0n) is 20.0. The molecule has 1 aliphatic rings. The van der Waals surface area contributed by atoms with Gasteiger partial charge in [0.25, 0.3) is 0 Å². The first-order valence-corrected chi connectivity index (χ1v) is 12.4. The Labute approximate surface area is 194 Å². The van der Waals surface area contributed by atoms with Crippen LogP contribution in [-0.4, -0.2) is 29.1 Å². The Balaban J connectivity index is 1.79. The van der Waals surface area contributed by atoms with Crippen molar-refractivity contribution in [2.75, 3.05) is 23.3 Å². The Morgan fingerprint density at radius 1 is 1.16 bits per heavy atom. The van der Waals surface area contributed by atoms with Crippen LogP contribution in [0.2, 0.25) is 0 Å². The molecule has 0 amide bonds. The van der Waals surface area contributed by atoms with Gasteiger partial charge in [0.1, 0.15) is 0 Å². The van der Waals surface area contributed by atoms with E-state index in [9.17, 15) is 0 Å². The molecule has 0 saturated carbocycles. The number of nitrogens with one attached hydrogen (secondary N) is 1. The van der Waals surface area contributed by atoms with Crippen LogP contribution in [0.25, 0.3) is 0 Å². The second kappa shape index (κ2) is 11.0. The third-order valence-electron chi connectivity index (χ3n) is 6.59. The molecule has 0 unspecified atom stereocenters. The lowest BCUT2D eigenvalue weighted by molar-refractivity contribution is 0.319. The first-order valence-electron chi connectivity index (χ1n) is 11.9. The third-order valence-corrected chi connectivity index (χ3v) is 6.93. The fraction of sp³-hybridized carbons (Fsp3) is 0.519. The van der Waals surface area contributed by atoms with Gasteiger partial charge in [-0.2, -0.15) is 0 Å². The summed E-state index contributed by atoms with van der Waals surface area (Å²) in [6.45, 7) is 14.3. The summed E-state index contributed by atoms with van der Waals surface area (Å²) in [5.74, 6) is 0. The highest BCUT2D eigenvalue weighted by atomic mass is 32.1. The van der Waals surface area contributed by atoms with Crippen LogP contribution >= 0.6 is 12.2 Å². The van der Waals surface area contributed by atoms with E-state index in [2.05, 4.69) is 86.1 Å². The van der Waals surface area contributed by atoms with Crippen LogP contribution in [0.15, 0.2) is 36.4 Å². The monoisotopic (exact) mass is 437 g/mol. The minimum atomic E-state index is 0.376. The molecular formula is C27H39N3S. The molecule has 0 aliphatic carbocycles. The zero-order chi connectivity index (χ0) is 22.4. The van der Waals surface area contributed by atoms with Crippen LogP contribution in [0.5, 0.6) is 0 Å². The molecule has 0 spiro atoms. The van der Waals surface area contributed by atoms with Gasteiger partial charge in [0.2, 0.25) is 0 Å². The van der Waals surface area contributed by atoms with E-state index < -0.39 is 0 Å². The summed E-state index contributed by atoms with van der Waals surface area (Å²) in [6, 6.07) is 13.8. The average molecular weight is 438 g/mol. The van der Waals surface area contributed by atoms with Gasteiger partial charge in [-0.25, -0.2) is 0 Å². The second-order valence-corrected chi connectivity index (χ2v) is 9.38. The smallest absolute Gasteiger partial charge is 0.173 e. The number of benzene rings is 2. The normalized spacial score (nSPS) is 14.2. The van der Waals surface area contributed by atoms with E-state index in [1.807, 2.05) is 0 Å².